The van der Waals surface area contributed by atoms with Crippen LogP contribution in [-0.4, -0.2) is 41.9 Å². The fourth-order valence-electron chi connectivity index (χ4n) is 2.54. The number of rotatable bonds is 5. The van der Waals surface area contributed by atoms with Crippen molar-refractivity contribution in [3.05, 3.63) is 64.4 Å². The van der Waals surface area contributed by atoms with Gasteiger partial charge in [0.25, 0.3) is 5.91 Å². The zero-order valence-electron chi connectivity index (χ0n) is 14.2. The van der Waals surface area contributed by atoms with Gasteiger partial charge in [0.15, 0.2) is 0 Å². The predicted octanol–water partition coefficient (Wildman–Crippen LogP) is 2.29. The van der Waals surface area contributed by atoms with Gasteiger partial charge in [-0.3, -0.25) is 14.6 Å². The van der Waals surface area contributed by atoms with Gasteiger partial charge < -0.3 is 15.0 Å². The van der Waals surface area contributed by atoms with Crippen molar-refractivity contribution in [2.45, 2.75) is 6.54 Å². The topological polar surface area (TPSA) is 71.5 Å². The number of likely N-dealkylation sites (N-methyl/N-ethyl adjacent to an activating group) is 1. The number of nitrogens with one attached hydrogen (secondary N) is 1. The lowest BCUT2D eigenvalue weighted by Gasteiger charge is -2.19. The van der Waals surface area contributed by atoms with Crippen molar-refractivity contribution in [2.24, 2.45) is 0 Å². The Morgan fingerprint density at radius 1 is 1.35 bits per heavy atom. The minimum Gasteiger partial charge on any atom is -0.488 e. The number of halogens is 1. The van der Waals surface area contributed by atoms with E-state index in [1.54, 1.807) is 43.7 Å². The van der Waals surface area contributed by atoms with E-state index in [0.29, 0.717) is 22.9 Å². The van der Waals surface area contributed by atoms with Gasteiger partial charge in [-0.15, -0.1) is 0 Å². The van der Waals surface area contributed by atoms with Gasteiger partial charge in [0.2, 0.25) is 5.91 Å². The van der Waals surface area contributed by atoms with Crippen molar-refractivity contribution >= 4 is 29.5 Å². The minimum absolute atomic E-state index is 0.0880. The van der Waals surface area contributed by atoms with E-state index in [-0.39, 0.29) is 25.0 Å². The van der Waals surface area contributed by atoms with Crippen molar-refractivity contribution in [2.75, 3.05) is 20.2 Å². The summed E-state index contributed by atoms with van der Waals surface area (Å²) in [7, 11) is 1.68. The van der Waals surface area contributed by atoms with Crippen molar-refractivity contribution in [3.8, 4) is 5.75 Å². The molecule has 1 aliphatic rings. The minimum atomic E-state index is -0.334. The van der Waals surface area contributed by atoms with Crippen molar-refractivity contribution < 1.29 is 14.3 Å². The quantitative estimate of drug-likeness (QED) is 0.875. The van der Waals surface area contributed by atoms with Crippen LogP contribution in [0.3, 0.4) is 0 Å². The lowest BCUT2D eigenvalue weighted by Crippen LogP contribution is -2.39. The molecule has 0 fully saturated rings. The Kier molecular flexibility index (Phi) is 5.53. The van der Waals surface area contributed by atoms with Gasteiger partial charge in [0.05, 0.1) is 12.1 Å². The van der Waals surface area contributed by atoms with Crippen LogP contribution < -0.4 is 10.1 Å². The highest BCUT2D eigenvalue weighted by Crippen LogP contribution is 2.28. The highest BCUT2D eigenvalue weighted by atomic mass is 35.5. The van der Waals surface area contributed by atoms with Crippen LogP contribution in [0, 0.1) is 0 Å². The van der Waals surface area contributed by atoms with E-state index >= 15 is 0 Å². The van der Waals surface area contributed by atoms with Crippen LogP contribution >= 0.6 is 11.6 Å². The maximum atomic E-state index is 12.3. The summed E-state index contributed by atoms with van der Waals surface area (Å²) in [6.45, 7) is 0.496. The van der Waals surface area contributed by atoms with Gasteiger partial charge in [-0.25, -0.2) is 0 Å². The first-order valence-electron chi connectivity index (χ1n) is 8.07. The molecule has 0 radical (unpaired) electrons. The number of aromatic nitrogens is 1. The molecule has 0 spiro atoms. The van der Waals surface area contributed by atoms with E-state index in [2.05, 4.69) is 10.3 Å². The molecule has 0 bridgehead atoms. The SMILES string of the molecule is CN(Cc1cccnc1)C(=O)CNC(=O)C1=Cc2cc(Cl)ccc2OC1. The predicted molar refractivity (Wildman–Crippen MR) is 98.6 cm³/mol. The van der Waals surface area contributed by atoms with Crippen molar-refractivity contribution in [1.82, 2.24) is 15.2 Å². The first kappa shape index (κ1) is 17.9. The maximum absolute atomic E-state index is 12.3. The summed E-state index contributed by atoms with van der Waals surface area (Å²) in [6, 6.07) is 8.93. The van der Waals surface area contributed by atoms with Gasteiger partial charge >= 0.3 is 0 Å². The maximum Gasteiger partial charge on any atom is 0.251 e. The van der Waals surface area contributed by atoms with Crippen LogP contribution in [0.2, 0.25) is 5.02 Å². The first-order chi connectivity index (χ1) is 12.5. The first-order valence-corrected chi connectivity index (χ1v) is 8.45. The Hall–Kier alpha value is -2.86. The normalized spacial score (nSPS) is 12.5. The summed E-state index contributed by atoms with van der Waals surface area (Å²) in [5.74, 6) is 0.153. The number of ether oxygens (including phenoxy) is 1. The fraction of sp³-hybridized carbons (Fsp3) is 0.211. The number of benzene rings is 1. The molecule has 2 heterocycles. The van der Waals surface area contributed by atoms with Crippen LogP contribution in [0.4, 0.5) is 0 Å². The van der Waals surface area contributed by atoms with Gasteiger partial charge in [-0.05, 0) is 35.9 Å². The number of nitrogens with zero attached hydrogens (tertiary/aromatic N) is 2. The molecule has 0 unspecified atom stereocenters. The molecule has 2 amide bonds. The van der Waals surface area contributed by atoms with E-state index in [0.717, 1.165) is 11.1 Å². The second-order valence-corrected chi connectivity index (χ2v) is 6.37. The Morgan fingerprint density at radius 3 is 2.96 bits per heavy atom. The Morgan fingerprint density at radius 2 is 2.19 bits per heavy atom. The lowest BCUT2D eigenvalue weighted by atomic mass is 10.1. The Balaban J connectivity index is 1.56. The molecule has 1 N–H and O–H groups in total. The molecule has 1 aliphatic heterocycles. The number of carbonyl (C=O) groups excluding carboxylic acids is 2. The third-order valence-corrected chi connectivity index (χ3v) is 4.18. The van der Waals surface area contributed by atoms with E-state index in [4.69, 9.17) is 16.3 Å². The molecule has 0 saturated heterocycles. The van der Waals surface area contributed by atoms with Crippen molar-refractivity contribution in [1.29, 1.82) is 0 Å². The molecule has 0 saturated carbocycles. The molecule has 0 aliphatic carbocycles. The second-order valence-electron chi connectivity index (χ2n) is 5.93. The van der Waals surface area contributed by atoms with Crippen LogP contribution in [0.25, 0.3) is 6.08 Å². The monoisotopic (exact) mass is 371 g/mol. The number of fused-ring (bicyclic) bond motifs is 1. The number of amides is 2. The zero-order valence-corrected chi connectivity index (χ0v) is 15.0. The molecule has 3 rings (SSSR count). The highest BCUT2D eigenvalue weighted by Gasteiger charge is 2.19. The average Bonchev–Trinajstić information content (AvgIpc) is 2.65. The average molecular weight is 372 g/mol. The molecule has 1 aromatic heterocycles. The van der Waals surface area contributed by atoms with E-state index in [1.807, 2.05) is 12.1 Å². The largest absolute Gasteiger partial charge is 0.488 e. The van der Waals surface area contributed by atoms with E-state index in [1.165, 1.54) is 4.90 Å². The van der Waals surface area contributed by atoms with Gasteiger partial charge in [-0.2, -0.15) is 0 Å². The second kappa shape index (κ2) is 8.01. The third-order valence-electron chi connectivity index (χ3n) is 3.94. The highest BCUT2D eigenvalue weighted by molar-refractivity contribution is 6.30. The fourth-order valence-corrected chi connectivity index (χ4v) is 2.72. The van der Waals surface area contributed by atoms with E-state index in [9.17, 15) is 9.59 Å². The summed E-state index contributed by atoms with van der Waals surface area (Å²) in [5, 5.41) is 3.20. The summed E-state index contributed by atoms with van der Waals surface area (Å²) >= 11 is 5.97. The van der Waals surface area contributed by atoms with Gasteiger partial charge in [0.1, 0.15) is 12.4 Å². The standard InChI is InChI=1S/C19H18ClN3O3/c1-23(11-13-3-2-6-21-9-13)18(24)10-22-19(25)15-7-14-8-16(20)4-5-17(14)26-12-15/h2-9H,10-12H2,1H3,(H,22,25). The van der Waals surface area contributed by atoms with Gasteiger partial charge in [0, 0.05) is 36.6 Å². The number of hydrogen-bond donors (Lipinski definition) is 1. The number of pyridine rings is 1. The summed E-state index contributed by atoms with van der Waals surface area (Å²) in [6.07, 6.45) is 5.11. The summed E-state index contributed by atoms with van der Waals surface area (Å²) < 4.78 is 5.56. The van der Waals surface area contributed by atoms with E-state index < -0.39 is 0 Å². The Bertz CT molecular complexity index is 852. The van der Waals surface area contributed by atoms with Crippen molar-refractivity contribution in [3.63, 3.8) is 0 Å². The van der Waals surface area contributed by atoms with Crippen LogP contribution in [0.1, 0.15) is 11.1 Å². The molecule has 2 aromatic rings. The molecule has 26 heavy (non-hydrogen) atoms. The Labute approximate surface area is 156 Å². The summed E-state index contributed by atoms with van der Waals surface area (Å²) in [5.41, 5.74) is 2.11. The molecule has 1 aromatic carbocycles. The van der Waals surface area contributed by atoms with Gasteiger partial charge in [-0.1, -0.05) is 17.7 Å². The zero-order chi connectivity index (χ0) is 18.5. The van der Waals surface area contributed by atoms with Crippen LogP contribution in [0.15, 0.2) is 48.3 Å². The molecule has 6 nitrogen and oxygen atoms in total. The third kappa shape index (κ3) is 4.40. The molecular weight excluding hydrogens is 354 g/mol. The number of hydrogen-bond acceptors (Lipinski definition) is 4. The van der Waals surface area contributed by atoms with Crippen LogP contribution in [-0.2, 0) is 16.1 Å². The lowest BCUT2D eigenvalue weighted by molar-refractivity contribution is -0.131. The molecular formula is C19H18ClN3O3. The number of carbonyl (C=O) groups is 2. The van der Waals surface area contributed by atoms with Crippen LogP contribution in [0.5, 0.6) is 5.75 Å². The summed E-state index contributed by atoms with van der Waals surface area (Å²) in [4.78, 5) is 30.1. The smallest absolute Gasteiger partial charge is 0.251 e. The molecule has 0 atom stereocenters. The molecule has 7 heteroatoms. The molecule has 134 valence electrons.